The molecule has 0 aromatic carbocycles. The number of aromatic amines is 1. The molecule has 0 atom stereocenters. The first-order valence-electron chi connectivity index (χ1n) is 5.67. The first-order chi connectivity index (χ1) is 8.95. The minimum absolute atomic E-state index is 0.200. The minimum atomic E-state index is -1.04. The largest absolute Gasteiger partial charge is 0.481 e. The fourth-order valence-electron chi connectivity index (χ4n) is 1.77. The number of nitrogens with one attached hydrogen (secondary N) is 1. The monoisotopic (exact) mass is 279 g/mol. The van der Waals surface area contributed by atoms with E-state index in [2.05, 4.69) is 15.0 Å². The highest BCUT2D eigenvalue weighted by Gasteiger charge is 2.12. The molecule has 0 aliphatic carbocycles. The Bertz CT molecular complexity index is 675. The van der Waals surface area contributed by atoms with Gasteiger partial charge in [0, 0.05) is 23.1 Å². The number of rotatable bonds is 4. The van der Waals surface area contributed by atoms with Crippen LogP contribution in [0.25, 0.3) is 0 Å². The molecule has 2 rings (SSSR count). The maximum Gasteiger partial charge on any atom is 0.308 e. The van der Waals surface area contributed by atoms with E-state index < -0.39 is 11.5 Å². The van der Waals surface area contributed by atoms with Gasteiger partial charge in [0.05, 0.1) is 17.1 Å². The molecule has 0 fully saturated rings. The molecule has 2 aromatic heterocycles. The molecule has 100 valence electrons. The summed E-state index contributed by atoms with van der Waals surface area (Å²) in [6.45, 7) is 3.55. The molecule has 2 N–H and O–H groups in total. The zero-order valence-corrected chi connectivity index (χ0v) is 11.4. The van der Waals surface area contributed by atoms with Gasteiger partial charge in [-0.1, -0.05) is 0 Å². The lowest BCUT2D eigenvalue weighted by atomic mass is 10.1. The summed E-state index contributed by atoms with van der Waals surface area (Å²) in [4.78, 5) is 33.6. The molecular formula is C12H13N3O3S. The molecule has 0 aliphatic rings. The lowest BCUT2D eigenvalue weighted by Gasteiger charge is -2.04. The van der Waals surface area contributed by atoms with Gasteiger partial charge < -0.3 is 10.1 Å². The number of hydrogen-bond acceptors (Lipinski definition) is 5. The van der Waals surface area contributed by atoms with Crippen LogP contribution in [0.4, 0.5) is 0 Å². The van der Waals surface area contributed by atoms with E-state index in [4.69, 9.17) is 5.11 Å². The van der Waals surface area contributed by atoms with Crippen molar-refractivity contribution in [1.82, 2.24) is 15.0 Å². The summed E-state index contributed by atoms with van der Waals surface area (Å²) in [5.74, 6) is -0.541. The second-order valence-corrected chi connectivity index (χ2v) is 5.24. The topological polar surface area (TPSA) is 95.9 Å². The summed E-state index contributed by atoms with van der Waals surface area (Å²) >= 11 is 1.53. The van der Waals surface area contributed by atoms with Gasteiger partial charge in [0.25, 0.3) is 5.56 Å². The highest BCUT2D eigenvalue weighted by Crippen LogP contribution is 2.11. The van der Waals surface area contributed by atoms with Crippen LogP contribution in [0, 0.1) is 13.8 Å². The smallest absolute Gasteiger partial charge is 0.308 e. The normalized spacial score (nSPS) is 10.6. The first kappa shape index (κ1) is 13.4. The van der Waals surface area contributed by atoms with Crippen LogP contribution in [0.3, 0.4) is 0 Å². The Morgan fingerprint density at radius 1 is 1.42 bits per heavy atom. The SMILES string of the molecule is Cc1nc(Cc2nc(C)c(CC(=O)O)c(=O)[nH]2)cs1. The van der Waals surface area contributed by atoms with Crippen LogP contribution < -0.4 is 5.56 Å². The van der Waals surface area contributed by atoms with Gasteiger partial charge in [0.2, 0.25) is 0 Å². The van der Waals surface area contributed by atoms with Gasteiger partial charge in [-0.25, -0.2) is 9.97 Å². The highest BCUT2D eigenvalue weighted by molar-refractivity contribution is 7.09. The average Bonchev–Trinajstić information content (AvgIpc) is 2.69. The van der Waals surface area contributed by atoms with Gasteiger partial charge in [-0.3, -0.25) is 9.59 Å². The van der Waals surface area contributed by atoms with Crippen molar-refractivity contribution in [2.24, 2.45) is 0 Å². The van der Waals surface area contributed by atoms with E-state index in [0.29, 0.717) is 17.9 Å². The molecule has 0 spiro atoms. The van der Waals surface area contributed by atoms with Crippen molar-refractivity contribution in [2.75, 3.05) is 0 Å². The summed E-state index contributed by atoms with van der Waals surface area (Å²) in [6, 6.07) is 0. The van der Waals surface area contributed by atoms with Crippen LogP contribution >= 0.6 is 11.3 Å². The number of carbonyl (C=O) groups is 1. The standard InChI is InChI=1S/C12H13N3O3S/c1-6-9(4-11(16)17)12(18)15-10(13-6)3-8-5-19-7(2)14-8/h5H,3-4H2,1-2H3,(H,16,17)(H,13,15,18). The Labute approximate surface area is 113 Å². The molecule has 0 radical (unpaired) electrons. The van der Waals surface area contributed by atoms with E-state index in [9.17, 15) is 9.59 Å². The van der Waals surface area contributed by atoms with Crippen LogP contribution in [0.15, 0.2) is 10.2 Å². The number of nitrogens with zero attached hydrogens (tertiary/aromatic N) is 2. The van der Waals surface area contributed by atoms with Crippen LogP contribution in [-0.4, -0.2) is 26.0 Å². The third-order valence-electron chi connectivity index (χ3n) is 2.61. The van der Waals surface area contributed by atoms with Crippen molar-refractivity contribution < 1.29 is 9.90 Å². The molecule has 2 aromatic rings. The maximum absolute atomic E-state index is 11.8. The number of aliphatic carboxylic acids is 1. The van der Waals surface area contributed by atoms with Crippen molar-refractivity contribution in [1.29, 1.82) is 0 Å². The summed E-state index contributed by atoms with van der Waals surface area (Å²) in [6.07, 6.45) is 0.123. The first-order valence-corrected chi connectivity index (χ1v) is 6.55. The van der Waals surface area contributed by atoms with Gasteiger partial charge in [0.15, 0.2) is 0 Å². The molecule has 0 aliphatic heterocycles. The van der Waals surface area contributed by atoms with Crippen LogP contribution in [0.5, 0.6) is 0 Å². The molecule has 7 heteroatoms. The number of H-pyrrole nitrogens is 1. The molecule has 0 bridgehead atoms. The third kappa shape index (κ3) is 3.25. The Morgan fingerprint density at radius 2 is 2.16 bits per heavy atom. The molecule has 0 saturated heterocycles. The van der Waals surface area contributed by atoms with E-state index in [1.165, 1.54) is 11.3 Å². The summed E-state index contributed by atoms with van der Waals surface area (Å²) < 4.78 is 0. The van der Waals surface area contributed by atoms with Gasteiger partial charge in [-0.05, 0) is 13.8 Å². The number of aromatic nitrogens is 3. The van der Waals surface area contributed by atoms with E-state index in [1.807, 2.05) is 12.3 Å². The van der Waals surface area contributed by atoms with Crippen molar-refractivity contribution in [3.63, 3.8) is 0 Å². The molecule has 0 amide bonds. The summed E-state index contributed by atoms with van der Waals surface area (Å²) in [7, 11) is 0. The molecule has 0 saturated carbocycles. The predicted molar refractivity (Wildman–Crippen MR) is 70.6 cm³/mol. The summed E-state index contributed by atoms with van der Waals surface area (Å²) in [5, 5.41) is 11.6. The third-order valence-corrected chi connectivity index (χ3v) is 3.44. The zero-order valence-electron chi connectivity index (χ0n) is 10.6. The molecule has 6 nitrogen and oxygen atoms in total. The number of hydrogen-bond donors (Lipinski definition) is 2. The molecule has 0 unspecified atom stereocenters. The average molecular weight is 279 g/mol. The van der Waals surface area contributed by atoms with Crippen LogP contribution in [0.1, 0.15) is 27.8 Å². The minimum Gasteiger partial charge on any atom is -0.481 e. The highest BCUT2D eigenvalue weighted by atomic mass is 32.1. The second kappa shape index (κ2) is 5.31. The van der Waals surface area contributed by atoms with E-state index >= 15 is 0 Å². The van der Waals surface area contributed by atoms with E-state index in [0.717, 1.165) is 10.7 Å². The number of carboxylic acid groups (broad SMARTS) is 1. The number of aryl methyl sites for hydroxylation is 2. The van der Waals surface area contributed by atoms with Gasteiger partial charge in [-0.2, -0.15) is 0 Å². The Balaban J connectivity index is 2.29. The molecule has 19 heavy (non-hydrogen) atoms. The van der Waals surface area contributed by atoms with Crippen LogP contribution in [0.2, 0.25) is 0 Å². The quantitative estimate of drug-likeness (QED) is 0.872. The molecule has 2 heterocycles. The summed E-state index contributed by atoms with van der Waals surface area (Å²) in [5.41, 5.74) is 1.10. The van der Waals surface area contributed by atoms with Crippen molar-refractivity contribution >= 4 is 17.3 Å². The van der Waals surface area contributed by atoms with Crippen LogP contribution in [-0.2, 0) is 17.6 Å². The van der Waals surface area contributed by atoms with E-state index in [-0.39, 0.29) is 12.0 Å². The van der Waals surface area contributed by atoms with Gasteiger partial charge in [-0.15, -0.1) is 11.3 Å². The number of thiazole rings is 1. The zero-order chi connectivity index (χ0) is 14.0. The Morgan fingerprint density at radius 3 is 2.68 bits per heavy atom. The second-order valence-electron chi connectivity index (χ2n) is 4.18. The predicted octanol–water partition coefficient (Wildman–Crippen LogP) is 1.06. The Hall–Kier alpha value is -2.02. The lowest BCUT2D eigenvalue weighted by Crippen LogP contribution is -2.21. The van der Waals surface area contributed by atoms with E-state index in [1.54, 1.807) is 6.92 Å². The fraction of sp³-hybridized carbons (Fsp3) is 0.333. The van der Waals surface area contributed by atoms with Crippen molar-refractivity contribution in [2.45, 2.75) is 26.7 Å². The maximum atomic E-state index is 11.8. The fourth-order valence-corrected chi connectivity index (χ4v) is 2.39. The number of carboxylic acids is 1. The lowest BCUT2D eigenvalue weighted by molar-refractivity contribution is -0.136. The van der Waals surface area contributed by atoms with Crippen molar-refractivity contribution in [3.05, 3.63) is 43.5 Å². The van der Waals surface area contributed by atoms with Gasteiger partial charge >= 0.3 is 5.97 Å². The molecular weight excluding hydrogens is 266 g/mol. The Kier molecular flexibility index (Phi) is 3.75. The van der Waals surface area contributed by atoms with Crippen molar-refractivity contribution in [3.8, 4) is 0 Å². The van der Waals surface area contributed by atoms with Gasteiger partial charge in [0.1, 0.15) is 5.82 Å².